The fourth-order valence-electron chi connectivity index (χ4n) is 2.67. The normalized spacial score (nSPS) is 11.6. The molecule has 6 heteroatoms. The standard InChI is InChI=1S/C21H28N2O3S/c1-4-6-15-22-21(24)19-11-9-18(10-12-19)16-23(5-2)27(25,26)20-13-7-17(3)8-14-20/h7-14H,4-6,15-16H2,1-3H3,(H,22,24). The molecule has 0 radical (unpaired) electrons. The molecule has 0 bridgehead atoms. The summed E-state index contributed by atoms with van der Waals surface area (Å²) in [5.74, 6) is -0.102. The van der Waals surface area contributed by atoms with Crippen LogP contribution in [0.25, 0.3) is 0 Å². The van der Waals surface area contributed by atoms with Gasteiger partial charge in [-0.15, -0.1) is 0 Å². The molecule has 146 valence electrons. The van der Waals surface area contributed by atoms with E-state index >= 15 is 0 Å². The number of hydrogen-bond acceptors (Lipinski definition) is 3. The van der Waals surface area contributed by atoms with Crippen molar-refractivity contribution in [3.63, 3.8) is 0 Å². The molecule has 27 heavy (non-hydrogen) atoms. The molecule has 2 aromatic carbocycles. The number of benzene rings is 2. The van der Waals surface area contributed by atoms with Crippen LogP contribution in [0.1, 0.15) is 48.2 Å². The van der Waals surface area contributed by atoms with Crippen LogP contribution in [0, 0.1) is 6.92 Å². The first-order chi connectivity index (χ1) is 12.9. The average molecular weight is 389 g/mol. The van der Waals surface area contributed by atoms with Crippen molar-refractivity contribution in [3.05, 3.63) is 65.2 Å². The third kappa shape index (κ3) is 5.65. The van der Waals surface area contributed by atoms with E-state index in [0.29, 0.717) is 23.5 Å². The van der Waals surface area contributed by atoms with Crippen LogP contribution in [0.15, 0.2) is 53.4 Å². The van der Waals surface area contributed by atoms with Crippen molar-refractivity contribution in [2.45, 2.75) is 45.1 Å². The molecule has 0 aliphatic rings. The van der Waals surface area contributed by atoms with Gasteiger partial charge >= 0.3 is 0 Å². The zero-order valence-electron chi connectivity index (χ0n) is 16.2. The van der Waals surface area contributed by atoms with Gasteiger partial charge in [-0.2, -0.15) is 4.31 Å². The minimum Gasteiger partial charge on any atom is -0.352 e. The Morgan fingerprint density at radius 1 is 1.00 bits per heavy atom. The minimum atomic E-state index is -3.55. The fraction of sp³-hybridized carbons (Fsp3) is 0.381. The van der Waals surface area contributed by atoms with Gasteiger partial charge < -0.3 is 5.32 Å². The lowest BCUT2D eigenvalue weighted by molar-refractivity contribution is 0.0953. The SMILES string of the molecule is CCCCNC(=O)c1ccc(CN(CC)S(=O)(=O)c2ccc(C)cc2)cc1. The van der Waals surface area contributed by atoms with Crippen LogP contribution in [0.5, 0.6) is 0 Å². The molecule has 0 spiro atoms. The topological polar surface area (TPSA) is 66.5 Å². The highest BCUT2D eigenvalue weighted by molar-refractivity contribution is 7.89. The van der Waals surface area contributed by atoms with E-state index in [1.165, 1.54) is 4.31 Å². The van der Waals surface area contributed by atoms with Crippen LogP contribution < -0.4 is 5.32 Å². The molecule has 0 heterocycles. The monoisotopic (exact) mass is 388 g/mol. The van der Waals surface area contributed by atoms with E-state index in [9.17, 15) is 13.2 Å². The van der Waals surface area contributed by atoms with Gasteiger partial charge in [0.1, 0.15) is 0 Å². The number of sulfonamides is 1. The molecule has 0 aliphatic heterocycles. The molecule has 0 saturated carbocycles. The number of nitrogens with one attached hydrogen (secondary N) is 1. The first-order valence-corrected chi connectivity index (χ1v) is 10.8. The van der Waals surface area contributed by atoms with Gasteiger partial charge in [0.15, 0.2) is 0 Å². The van der Waals surface area contributed by atoms with Crippen molar-refractivity contribution in [2.75, 3.05) is 13.1 Å². The van der Waals surface area contributed by atoms with E-state index in [0.717, 1.165) is 24.0 Å². The highest BCUT2D eigenvalue weighted by Crippen LogP contribution is 2.19. The van der Waals surface area contributed by atoms with Gasteiger partial charge in [0.05, 0.1) is 4.90 Å². The Morgan fingerprint density at radius 3 is 2.19 bits per heavy atom. The summed E-state index contributed by atoms with van der Waals surface area (Å²) < 4.78 is 27.2. The summed E-state index contributed by atoms with van der Waals surface area (Å²) in [5, 5.41) is 2.88. The first-order valence-electron chi connectivity index (χ1n) is 9.32. The predicted molar refractivity (Wildman–Crippen MR) is 108 cm³/mol. The van der Waals surface area contributed by atoms with Gasteiger partial charge in [-0.3, -0.25) is 4.79 Å². The van der Waals surface area contributed by atoms with Crippen molar-refractivity contribution in [3.8, 4) is 0 Å². The number of rotatable bonds is 9. The largest absolute Gasteiger partial charge is 0.352 e. The fourth-order valence-corrected chi connectivity index (χ4v) is 4.11. The van der Waals surface area contributed by atoms with Crippen LogP contribution in [0.3, 0.4) is 0 Å². The highest BCUT2D eigenvalue weighted by atomic mass is 32.2. The number of hydrogen-bond donors (Lipinski definition) is 1. The lowest BCUT2D eigenvalue weighted by Gasteiger charge is -2.21. The smallest absolute Gasteiger partial charge is 0.251 e. The Labute approximate surface area is 162 Å². The summed E-state index contributed by atoms with van der Waals surface area (Å²) in [6.45, 7) is 7.12. The van der Waals surface area contributed by atoms with Crippen molar-refractivity contribution in [2.24, 2.45) is 0 Å². The van der Waals surface area contributed by atoms with Crippen LogP contribution in [-0.2, 0) is 16.6 Å². The van der Waals surface area contributed by atoms with Crippen molar-refractivity contribution in [1.82, 2.24) is 9.62 Å². The number of carbonyl (C=O) groups is 1. The summed E-state index contributed by atoms with van der Waals surface area (Å²) in [5.41, 5.74) is 2.45. The Balaban J connectivity index is 2.09. The van der Waals surface area contributed by atoms with Gasteiger partial charge in [0, 0.05) is 25.2 Å². The first kappa shape index (κ1) is 21.1. The van der Waals surface area contributed by atoms with Gasteiger partial charge in [0.25, 0.3) is 5.91 Å². The van der Waals surface area contributed by atoms with E-state index in [2.05, 4.69) is 12.2 Å². The summed E-state index contributed by atoms with van der Waals surface area (Å²) in [7, 11) is -3.55. The zero-order chi connectivity index (χ0) is 19.9. The van der Waals surface area contributed by atoms with E-state index in [1.54, 1.807) is 36.4 Å². The Morgan fingerprint density at radius 2 is 1.63 bits per heavy atom. The molecule has 2 aromatic rings. The lowest BCUT2D eigenvalue weighted by atomic mass is 10.1. The van der Waals surface area contributed by atoms with Crippen LogP contribution in [0.2, 0.25) is 0 Å². The highest BCUT2D eigenvalue weighted by Gasteiger charge is 2.23. The number of carbonyl (C=O) groups excluding carboxylic acids is 1. The van der Waals surface area contributed by atoms with Crippen LogP contribution >= 0.6 is 0 Å². The number of unbranched alkanes of at least 4 members (excludes halogenated alkanes) is 1. The van der Waals surface area contributed by atoms with Crippen molar-refractivity contribution in [1.29, 1.82) is 0 Å². The molecular formula is C21H28N2O3S. The Bertz CT molecular complexity index is 844. The number of amides is 1. The van der Waals surface area contributed by atoms with Gasteiger partial charge in [-0.1, -0.05) is 50.1 Å². The maximum Gasteiger partial charge on any atom is 0.251 e. The van der Waals surface area contributed by atoms with E-state index in [-0.39, 0.29) is 12.5 Å². The second kappa shape index (κ2) is 9.67. The molecule has 0 aromatic heterocycles. The summed E-state index contributed by atoms with van der Waals surface area (Å²) in [4.78, 5) is 12.4. The van der Waals surface area contributed by atoms with E-state index in [1.807, 2.05) is 26.0 Å². The summed E-state index contributed by atoms with van der Waals surface area (Å²) >= 11 is 0. The molecule has 0 fully saturated rings. The molecule has 0 aliphatic carbocycles. The van der Waals surface area contributed by atoms with Crippen molar-refractivity contribution >= 4 is 15.9 Å². The van der Waals surface area contributed by atoms with E-state index in [4.69, 9.17) is 0 Å². The third-order valence-corrected chi connectivity index (χ3v) is 6.34. The quantitative estimate of drug-likeness (QED) is 0.666. The average Bonchev–Trinajstić information content (AvgIpc) is 2.67. The molecule has 5 nitrogen and oxygen atoms in total. The molecule has 0 atom stereocenters. The van der Waals surface area contributed by atoms with Gasteiger partial charge in [-0.25, -0.2) is 8.42 Å². The summed E-state index contributed by atoms with van der Waals surface area (Å²) in [6.07, 6.45) is 1.98. The molecule has 1 amide bonds. The lowest BCUT2D eigenvalue weighted by Crippen LogP contribution is -2.30. The predicted octanol–water partition coefficient (Wildman–Crippen LogP) is 3.74. The molecule has 0 unspecified atom stereocenters. The second-order valence-electron chi connectivity index (χ2n) is 6.55. The number of nitrogens with zero attached hydrogens (tertiary/aromatic N) is 1. The van der Waals surface area contributed by atoms with Crippen LogP contribution in [-0.4, -0.2) is 31.7 Å². The third-order valence-electron chi connectivity index (χ3n) is 4.40. The number of aryl methyl sites for hydroxylation is 1. The Hall–Kier alpha value is -2.18. The summed E-state index contributed by atoms with van der Waals surface area (Å²) in [6, 6.07) is 14.0. The zero-order valence-corrected chi connectivity index (χ0v) is 17.1. The molecule has 1 N–H and O–H groups in total. The maximum atomic E-state index is 12.9. The van der Waals surface area contributed by atoms with Crippen molar-refractivity contribution < 1.29 is 13.2 Å². The van der Waals surface area contributed by atoms with Crippen LogP contribution in [0.4, 0.5) is 0 Å². The Kier molecular flexibility index (Phi) is 7.56. The van der Waals surface area contributed by atoms with Gasteiger partial charge in [-0.05, 0) is 43.2 Å². The second-order valence-corrected chi connectivity index (χ2v) is 8.49. The molecular weight excluding hydrogens is 360 g/mol. The molecule has 2 rings (SSSR count). The minimum absolute atomic E-state index is 0.102. The van der Waals surface area contributed by atoms with Gasteiger partial charge in [0.2, 0.25) is 10.0 Å². The molecule has 0 saturated heterocycles. The maximum absolute atomic E-state index is 12.9. The van der Waals surface area contributed by atoms with E-state index < -0.39 is 10.0 Å².